The fourth-order valence-corrected chi connectivity index (χ4v) is 3.96. The van der Waals surface area contributed by atoms with E-state index in [1.54, 1.807) is 6.92 Å². The maximum atomic E-state index is 11.4. The van der Waals surface area contributed by atoms with E-state index < -0.39 is 10.0 Å². The molecule has 1 N–H and O–H groups in total. The summed E-state index contributed by atoms with van der Waals surface area (Å²) in [6, 6.07) is 1.34. The lowest BCUT2D eigenvalue weighted by atomic mass is 10.7. The molecular weight excluding hydrogens is 253 g/mol. The first-order chi connectivity index (χ1) is 5.97. The summed E-state index contributed by atoms with van der Waals surface area (Å²) in [5, 5.41) is 0. The van der Waals surface area contributed by atoms with E-state index in [1.165, 1.54) is 6.07 Å². The quantitative estimate of drug-likeness (QED) is 0.906. The van der Waals surface area contributed by atoms with Gasteiger partial charge in [-0.05, 0) is 6.07 Å². The standard InChI is InChI=1S/C6H7Cl2NO2S2/c1-2-9-13(10,11)4-3-5(7)12-6(4)8/h3,9H,2H2,1H3. The fourth-order valence-electron chi connectivity index (χ4n) is 0.776. The van der Waals surface area contributed by atoms with Gasteiger partial charge in [0.05, 0.1) is 4.34 Å². The van der Waals surface area contributed by atoms with Crippen molar-refractivity contribution in [2.75, 3.05) is 6.54 Å². The molecule has 0 radical (unpaired) electrons. The molecule has 13 heavy (non-hydrogen) atoms. The zero-order valence-electron chi connectivity index (χ0n) is 6.67. The summed E-state index contributed by atoms with van der Waals surface area (Å²) in [7, 11) is -3.48. The van der Waals surface area contributed by atoms with Crippen LogP contribution in [0.2, 0.25) is 8.67 Å². The minimum absolute atomic E-state index is 0.0472. The van der Waals surface area contributed by atoms with Gasteiger partial charge in [0, 0.05) is 6.54 Å². The van der Waals surface area contributed by atoms with Gasteiger partial charge in [0.25, 0.3) is 0 Å². The Hall–Kier alpha value is 0.190. The Labute approximate surface area is 90.7 Å². The Bertz CT molecular complexity index is 399. The Morgan fingerprint density at radius 3 is 2.54 bits per heavy atom. The molecule has 1 aromatic heterocycles. The van der Waals surface area contributed by atoms with Gasteiger partial charge in [-0.3, -0.25) is 0 Å². The van der Waals surface area contributed by atoms with Gasteiger partial charge >= 0.3 is 0 Å². The summed E-state index contributed by atoms with van der Waals surface area (Å²) in [5.41, 5.74) is 0. The van der Waals surface area contributed by atoms with Crippen molar-refractivity contribution < 1.29 is 8.42 Å². The van der Waals surface area contributed by atoms with Gasteiger partial charge in [-0.1, -0.05) is 30.1 Å². The maximum absolute atomic E-state index is 11.4. The molecule has 0 aliphatic heterocycles. The van der Waals surface area contributed by atoms with Crippen molar-refractivity contribution in [1.82, 2.24) is 4.72 Å². The highest BCUT2D eigenvalue weighted by molar-refractivity contribution is 7.89. The highest BCUT2D eigenvalue weighted by Gasteiger charge is 2.19. The first-order valence-electron chi connectivity index (χ1n) is 3.42. The zero-order chi connectivity index (χ0) is 10.1. The summed E-state index contributed by atoms with van der Waals surface area (Å²) >= 11 is 12.3. The van der Waals surface area contributed by atoms with Gasteiger partial charge < -0.3 is 0 Å². The molecule has 0 atom stereocenters. The third-order valence-corrected chi connectivity index (χ3v) is 4.55. The predicted octanol–water partition coefficient (Wildman–Crippen LogP) is 2.35. The molecule has 0 saturated heterocycles. The molecule has 74 valence electrons. The first-order valence-corrected chi connectivity index (χ1v) is 6.47. The van der Waals surface area contributed by atoms with Crippen LogP contribution in [0.5, 0.6) is 0 Å². The second-order valence-electron chi connectivity index (χ2n) is 2.19. The molecule has 0 aliphatic carbocycles. The predicted molar refractivity (Wildman–Crippen MR) is 55.2 cm³/mol. The average molecular weight is 260 g/mol. The van der Waals surface area contributed by atoms with Crippen molar-refractivity contribution in [3.63, 3.8) is 0 Å². The lowest BCUT2D eigenvalue weighted by molar-refractivity contribution is 0.584. The SMILES string of the molecule is CCNS(=O)(=O)c1cc(Cl)sc1Cl. The van der Waals surface area contributed by atoms with Crippen molar-refractivity contribution in [2.24, 2.45) is 0 Å². The summed E-state index contributed by atoms with van der Waals surface area (Å²) in [4.78, 5) is 0.0472. The summed E-state index contributed by atoms with van der Waals surface area (Å²) in [5.74, 6) is 0. The second kappa shape index (κ2) is 4.14. The Kier molecular flexibility index (Phi) is 3.59. The molecular formula is C6H7Cl2NO2S2. The molecule has 1 aromatic rings. The number of thiophene rings is 1. The van der Waals surface area contributed by atoms with Crippen LogP contribution in [0.15, 0.2) is 11.0 Å². The van der Waals surface area contributed by atoms with Crippen molar-refractivity contribution >= 4 is 44.6 Å². The smallest absolute Gasteiger partial charge is 0.211 e. The molecule has 1 heterocycles. The van der Waals surface area contributed by atoms with Crippen LogP contribution in [-0.2, 0) is 10.0 Å². The van der Waals surface area contributed by atoms with Crippen LogP contribution in [0.4, 0.5) is 0 Å². The monoisotopic (exact) mass is 259 g/mol. The zero-order valence-corrected chi connectivity index (χ0v) is 9.82. The number of sulfonamides is 1. The van der Waals surface area contributed by atoms with Crippen LogP contribution in [-0.4, -0.2) is 15.0 Å². The van der Waals surface area contributed by atoms with Crippen molar-refractivity contribution in [3.8, 4) is 0 Å². The largest absolute Gasteiger partial charge is 0.242 e. The number of rotatable bonds is 3. The molecule has 0 saturated carbocycles. The Morgan fingerprint density at radius 1 is 1.54 bits per heavy atom. The van der Waals surface area contributed by atoms with E-state index in [0.29, 0.717) is 10.9 Å². The first kappa shape index (κ1) is 11.3. The van der Waals surface area contributed by atoms with E-state index in [2.05, 4.69) is 4.72 Å². The topological polar surface area (TPSA) is 46.2 Å². The summed E-state index contributed by atoms with van der Waals surface area (Å²) in [6.45, 7) is 2.02. The average Bonchev–Trinajstić information content (AvgIpc) is 2.30. The maximum Gasteiger partial charge on any atom is 0.242 e. The fraction of sp³-hybridized carbons (Fsp3) is 0.333. The van der Waals surface area contributed by atoms with Crippen LogP contribution < -0.4 is 4.72 Å². The molecule has 1 rings (SSSR count). The second-order valence-corrected chi connectivity index (χ2v) is 6.21. The van der Waals surface area contributed by atoms with Gasteiger partial charge in [-0.15, -0.1) is 11.3 Å². The summed E-state index contributed by atoms with van der Waals surface area (Å²) in [6.07, 6.45) is 0. The van der Waals surface area contributed by atoms with Crippen molar-refractivity contribution in [3.05, 3.63) is 14.7 Å². The number of nitrogens with one attached hydrogen (secondary N) is 1. The molecule has 3 nitrogen and oxygen atoms in total. The molecule has 7 heteroatoms. The molecule has 0 unspecified atom stereocenters. The van der Waals surface area contributed by atoms with Crippen LogP contribution in [0, 0.1) is 0 Å². The minimum atomic E-state index is -3.48. The van der Waals surface area contributed by atoms with E-state index >= 15 is 0 Å². The molecule has 0 aliphatic rings. The number of hydrogen-bond donors (Lipinski definition) is 1. The number of hydrogen-bond acceptors (Lipinski definition) is 3. The molecule has 0 bridgehead atoms. The van der Waals surface area contributed by atoms with Gasteiger partial charge in [0.1, 0.15) is 9.23 Å². The number of halogens is 2. The van der Waals surface area contributed by atoms with Crippen LogP contribution in [0.3, 0.4) is 0 Å². The highest BCUT2D eigenvalue weighted by atomic mass is 35.5. The lowest BCUT2D eigenvalue weighted by Gasteiger charge is -2.00. The van der Waals surface area contributed by atoms with Crippen molar-refractivity contribution in [2.45, 2.75) is 11.8 Å². The molecule has 0 amide bonds. The van der Waals surface area contributed by atoms with E-state index in [0.717, 1.165) is 11.3 Å². The molecule has 0 spiro atoms. The Balaban J connectivity index is 3.14. The van der Waals surface area contributed by atoms with E-state index in [1.807, 2.05) is 0 Å². The van der Waals surface area contributed by atoms with E-state index in [4.69, 9.17) is 23.2 Å². The molecule has 0 fully saturated rings. The van der Waals surface area contributed by atoms with Gasteiger partial charge in [0.15, 0.2) is 0 Å². The normalized spacial score (nSPS) is 11.9. The minimum Gasteiger partial charge on any atom is -0.211 e. The molecule has 0 aromatic carbocycles. The van der Waals surface area contributed by atoms with E-state index in [-0.39, 0.29) is 9.23 Å². The van der Waals surface area contributed by atoms with Gasteiger partial charge in [-0.2, -0.15) is 0 Å². The third-order valence-electron chi connectivity index (χ3n) is 1.25. The lowest BCUT2D eigenvalue weighted by Crippen LogP contribution is -2.22. The Morgan fingerprint density at radius 2 is 2.15 bits per heavy atom. The van der Waals surface area contributed by atoms with Crippen LogP contribution >= 0.6 is 34.5 Å². The van der Waals surface area contributed by atoms with Gasteiger partial charge in [0.2, 0.25) is 10.0 Å². The van der Waals surface area contributed by atoms with E-state index in [9.17, 15) is 8.42 Å². The summed E-state index contributed by atoms with van der Waals surface area (Å²) < 4.78 is 25.7. The van der Waals surface area contributed by atoms with Crippen LogP contribution in [0.25, 0.3) is 0 Å². The van der Waals surface area contributed by atoms with Crippen LogP contribution in [0.1, 0.15) is 6.92 Å². The highest BCUT2D eigenvalue weighted by Crippen LogP contribution is 2.33. The van der Waals surface area contributed by atoms with Crippen molar-refractivity contribution in [1.29, 1.82) is 0 Å². The third kappa shape index (κ3) is 2.57. The van der Waals surface area contributed by atoms with Gasteiger partial charge in [-0.25, -0.2) is 13.1 Å².